The van der Waals surface area contributed by atoms with Crippen LogP contribution in [0.15, 0.2) is 119 Å². The van der Waals surface area contributed by atoms with E-state index in [1.807, 2.05) is 49.4 Å². The topological polar surface area (TPSA) is 209 Å². The van der Waals surface area contributed by atoms with Crippen LogP contribution in [0.2, 0.25) is 0 Å². The van der Waals surface area contributed by atoms with Crippen molar-refractivity contribution in [2.75, 3.05) is 67.0 Å². The number of nitrogens with one attached hydrogen (secondary N) is 3. The number of carbonyl (C=O) groups excluding carboxylic acids is 1. The minimum absolute atomic E-state index is 0.0182. The Morgan fingerprint density at radius 3 is 2.42 bits per heavy atom. The molecule has 1 amide bonds. The number of nitro benzene ring substituents is 1. The molecular weight excluding hydrogens is 885 g/mol. The molecule has 3 aliphatic heterocycles. The number of sulfonamides is 2. The van der Waals surface area contributed by atoms with Crippen molar-refractivity contribution >= 4 is 59.7 Å². The lowest BCUT2D eigenvalue weighted by atomic mass is 9.99. The zero-order chi connectivity index (χ0) is 46.0. The molecule has 3 N–H and O–H groups in total. The highest BCUT2D eigenvalue weighted by Crippen LogP contribution is 2.40. The van der Waals surface area contributed by atoms with Crippen molar-refractivity contribution in [3.63, 3.8) is 0 Å². The van der Waals surface area contributed by atoms with E-state index >= 15 is 0 Å². The highest BCUT2D eigenvalue weighted by atomic mass is 32.2. The molecule has 0 radical (unpaired) electrons. The second-order valence-corrected chi connectivity index (χ2v) is 20.4. The maximum atomic E-state index is 14.0. The number of pyridine rings is 1. The quantitative estimate of drug-likeness (QED) is 0.0764. The van der Waals surface area contributed by atoms with Gasteiger partial charge in [0.15, 0.2) is 0 Å². The number of hydrogen-bond donors (Lipinski definition) is 3. The molecule has 2 fully saturated rings. The average molecular weight is 935 g/mol. The van der Waals surface area contributed by atoms with E-state index in [0.717, 1.165) is 47.5 Å². The van der Waals surface area contributed by atoms with Gasteiger partial charge >= 0.3 is 0 Å². The number of aromatic amines is 1. The summed E-state index contributed by atoms with van der Waals surface area (Å²) in [5.41, 5.74) is 3.64. The molecule has 6 aromatic rings. The van der Waals surface area contributed by atoms with Crippen molar-refractivity contribution in [3.05, 3.63) is 136 Å². The SMILES string of the molecule is Cc1ccc(S(=O)(=O)N2CCCC(N3CCN(c4ccc(C(=O)NS(=O)(=O)c5ccc(NCC6CCOCC6)c([N+](=O)[O-])c5)c(Oc5cnc6[nH]ccc6c5)c4)CC3)c3ccccc32)cc1. The fourth-order valence-corrected chi connectivity index (χ4v) is 11.5. The number of nitro groups is 1. The highest BCUT2D eigenvalue weighted by molar-refractivity contribution is 7.92. The van der Waals surface area contributed by atoms with E-state index in [-0.39, 0.29) is 33.9 Å². The Hall–Kier alpha value is -6.54. The van der Waals surface area contributed by atoms with Crippen molar-refractivity contribution in [1.29, 1.82) is 0 Å². The van der Waals surface area contributed by atoms with E-state index in [0.29, 0.717) is 76.0 Å². The monoisotopic (exact) mass is 934 g/mol. The maximum absolute atomic E-state index is 14.0. The summed E-state index contributed by atoms with van der Waals surface area (Å²) in [4.78, 5) is 37.2. The number of para-hydroxylation sites is 1. The number of aryl methyl sites for hydroxylation is 1. The van der Waals surface area contributed by atoms with Crippen LogP contribution in [0.1, 0.15) is 53.2 Å². The maximum Gasteiger partial charge on any atom is 0.293 e. The van der Waals surface area contributed by atoms with Gasteiger partial charge in [-0.1, -0.05) is 35.9 Å². The number of amides is 1. The predicted molar refractivity (Wildman–Crippen MR) is 250 cm³/mol. The van der Waals surface area contributed by atoms with Crippen LogP contribution in [0.25, 0.3) is 11.0 Å². The number of fused-ring (bicyclic) bond motifs is 2. The summed E-state index contributed by atoms with van der Waals surface area (Å²) in [5.74, 6) is -0.353. The number of aromatic nitrogens is 2. The first-order valence-electron chi connectivity index (χ1n) is 21.9. The number of carbonyl (C=O) groups is 1. The van der Waals surface area contributed by atoms with Crippen LogP contribution >= 0.6 is 0 Å². The van der Waals surface area contributed by atoms with Crippen LogP contribution in [0.4, 0.5) is 22.7 Å². The fraction of sp³-hybridized carbons (Fsp3) is 0.319. The molecular formula is C47H50N8O9S2. The van der Waals surface area contributed by atoms with Crippen molar-refractivity contribution in [2.45, 2.75) is 48.4 Å². The van der Waals surface area contributed by atoms with Crippen LogP contribution in [0.3, 0.4) is 0 Å². The molecule has 0 saturated carbocycles. The minimum Gasteiger partial charge on any atom is -0.455 e. The summed E-state index contributed by atoms with van der Waals surface area (Å²) in [6.45, 7) is 6.48. The molecule has 0 bridgehead atoms. The van der Waals surface area contributed by atoms with Crippen molar-refractivity contribution in [1.82, 2.24) is 19.6 Å². The largest absolute Gasteiger partial charge is 0.455 e. The summed E-state index contributed by atoms with van der Waals surface area (Å²) in [5, 5.41) is 16.0. The number of H-pyrrole nitrogens is 1. The van der Waals surface area contributed by atoms with Gasteiger partial charge in [0.2, 0.25) is 0 Å². The van der Waals surface area contributed by atoms with Crippen molar-refractivity contribution in [2.24, 2.45) is 5.92 Å². The van der Waals surface area contributed by atoms with Gasteiger partial charge < -0.3 is 24.7 Å². The zero-order valence-electron chi connectivity index (χ0n) is 36.3. The third kappa shape index (κ3) is 9.42. The molecule has 344 valence electrons. The third-order valence-electron chi connectivity index (χ3n) is 12.6. The van der Waals surface area contributed by atoms with E-state index < -0.39 is 41.5 Å². The highest BCUT2D eigenvalue weighted by Gasteiger charge is 2.35. The van der Waals surface area contributed by atoms with Crippen LogP contribution < -0.4 is 24.0 Å². The lowest BCUT2D eigenvalue weighted by Crippen LogP contribution is -2.47. The molecule has 5 heterocycles. The molecule has 66 heavy (non-hydrogen) atoms. The van der Waals surface area contributed by atoms with Gasteiger partial charge in [-0.15, -0.1) is 0 Å². The molecule has 0 aliphatic carbocycles. The molecule has 1 atom stereocenters. The third-order valence-corrected chi connectivity index (χ3v) is 15.7. The Kier molecular flexibility index (Phi) is 12.7. The van der Waals surface area contributed by atoms with Gasteiger partial charge in [0, 0.05) is 87.9 Å². The Balaban J connectivity index is 0.940. The number of piperazine rings is 1. The van der Waals surface area contributed by atoms with Crippen molar-refractivity contribution < 1.29 is 36.0 Å². The average Bonchev–Trinajstić information content (AvgIpc) is 3.70. The summed E-state index contributed by atoms with van der Waals surface area (Å²) in [6.07, 6.45) is 6.29. The molecule has 1 unspecified atom stereocenters. The lowest BCUT2D eigenvalue weighted by Gasteiger charge is -2.40. The summed E-state index contributed by atoms with van der Waals surface area (Å²) in [6, 6.07) is 26.7. The first-order chi connectivity index (χ1) is 31.8. The Bertz CT molecular complexity index is 2990. The lowest BCUT2D eigenvalue weighted by molar-refractivity contribution is -0.384. The Morgan fingerprint density at radius 1 is 0.894 bits per heavy atom. The number of hydrogen-bond acceptors (Lipinski definition) is 13. The number of rotatable bonds is 13. The van der Waals surface area contributed by atoms with Crippen molar-refractivity contribution in [3.8, 4) is 11.5 Å². The summed E-state index contributed by atoms with van der Waals surface area (Å²) in [7, 11) is -8.40. The Labute approximate surface area is 383 Å². The molecule has 19 heteroatoms. The van der Waals surface area contributed by atoms with Crippen LogP contribution in [-0.4, -0.2) is 95.0 Å². The van der Waals surface area contributed by atoms with E-state index in [2.05, 4.69) is 29.8 Å². The number of nitrogens with zero attached hydrogens (tertiary/aromatic N) is 5. The summed E-state index contributed by atoms with van der Waals surface area (Å²) < 4.78 is 70.8. The zero-order valence-corrected chi connectivity index (χ0v) is 37.9. The number of ether oxygens (including phenoxy) is 2. The van der Waals surface area contributed by atoms with Gasteiger partial charge in [-0.3, -0.25) is 24.1 Å². The molecule has 2 saturated heterocycles. The van der Waals surface area contributed by atoms with Gasteiger partial charge in [0.25, 0.3) is 31.6 Å². The van der Waals surface area contributed by atoms with E-state index in [9.17, 15) is 31.7 Å². The van der Waals surface area contributed by atoms with Gasteiger partial charge in [0.05, 0.1) is 32.2 Å². The van der Waals surface area contributed by atoms with E-state index in [1.54, 1.807) is 40.8 Å². The van der Waals surface area contributed by atoms with E-state index in [4.69, 9.17) is 9.47 Å². The van der Waals surface area contributed by atoms with Crippen LogP contribution in [-0.2, 0) is 24.8 Å². The molecule has 9 rings (SSSR count). The number of anilines is 3. The Morgan fingerprint density at radius 2 is 1.65 bits per heavy atom. The first-order valence-corrected chi connectivity index (χ1v) is 24.9. The van der Waals surface area contributed by atoms with Gasteiger partial charge in [-0.25, -0.2) is 26.5 Å². The second kappa shape index (κ2) is 18.7. The first kappa shape index (κ1) is 44.7. The number of benzene rings is 4. The molecule has 3 aliphatic rings. The molecule has 4 aromatic carbocycles. The van der Waals surface area contributed by atoms with Gasteiger partial charge in [-0.05, 0) is 98.7 Å². The smallest absolute Gasteiger partial charge is 0.293 e. The predicted octanol–water partition coefficient (Wildman–Crippen LogP) is 7.38. The van der Waals surface area contributed by atoms with Crippen LogP contribution in [0, 0.1) is 23.0 Å². The molecule has 0 spiro atoms. The minimum atomic E-state index is -4.60. The normalized spacial score (nSPS) is 17.5. The standard InChI is InChI=1S/C47H50N8O9S2/c1-32-8-11-37(12-9-32)66(61,62)54-20-4-7-42(39-5-2-3-6-43(39)54)53-23-21-52(22-24-53)35-10-14-40(45(28-35)64-36-27-34-16-19-48-46(34)50-31-36)47(56)51-65(59,60)38-13-15-41(44(29-38)55(57)58)49-30-33-17-25-63-26-18-33/h2-3,5-6,8-16,19,27-29,31,33,42,49H,4,7,17-18,20-26,30H2,1H3,(H,48,50)(H,51,56). The molecule has 2 aromatic heterocycles. The van der Waals surface area contributed by atoms with Gasteiger partial charge in [0.1, 0.15) is 22.8 Å². The summed E-state index contributed by atoms with van der Waals surface area (Å²) >= 11 is 0. The van der Waals surface area contributed by atoms with Gasteiger partial charge in [-0.2, -0.15) is 0 Å². The molecule has 17 nitrogen and oxygen atoms in total. The fourth-order valence-electron chi connectivity index (χ4n) is 8.96. The van der Waals surface area contributed by atoms with E-state index in [1.165, 1.54) is 24.4 Å². The van der Waals surface area contributed by atoms with Crippen LogP contribution in [0.5, 0.6) is 11.5 Å². The second-order valence-electron chi connectivity index (χ2n) is 16.8.